The zero-order valence-corrected chi connectivity index (χ0v) is 23.5. The number of fused-ring (bicyclic) bond motifs is 1. The number of methoxy groups -OCH3 is 2. The van der Waals surface area contributed by atoms with Crippen LogP contribution in [0.3, 0.4) is 0 Å². The molecule has 0 saturated heterocycles. The van der Waals surface area contributed by atoms with E-state index < -0.39 is 23.5 Å². The van der Waals surface area contributed by atoms with Gasteiger partial charge in [-0.25, -0.2) is 14.6 Å². The van der Waals surface area contributed by atoms with Crippen LogP contribution in [-0.2, 0) is 9.53 Å². The van der Waals surface area contributed by atoms with Gasteiger partial charge in [-0.3, -0.25) is 9.36 Å². The number of aromatic carboxylic acids is 1. The third-order valence-corrected chi connectivity index (χ3v) is 7.55. The average molecular weight is 575 g/mol. The Morgan fingerprint density at radius 1 is 1.12 bits per heavy atom. The lowest BCUT2D eigenvalue weighted by atomic mass is 9.95. The normalized spacial score (nSPS) is 14.8. The number of allylic oxidation sites excluding steroid dienone is 1. The number of carboxylic acids is 1. The Kier molecular flexibility index (Phi) is 7.62. The molecular weight excluding hydrogens is 548 g/mol. The van der Waals surface area contributed by atoms with Crippen molar-refractivity contribution in [3.8, 4) is 22.8 Å². The van der Waals surface area contributed by atoms with Crippen LogP contribution in [0, 0.1) is 0 Å². The van der Waals surface area contributed by atoms with Crippen LogP contribution in [0.5, 0.6) is 11.5 Å². The molecule has 1 atom stereocenters. The molecule has 41 heavy (non-hydrogen) atoms. The maximum atomic E-state index is 13.9. The number of rotatable bonds is 8. The van der Waals surface area contributed by atoms with E-state index in [1.54, 1.807) is 68.5 Å². The first-order valence-corrected chi connectivity index (χ1v) is 13.4. The second-order valence-corrected chi connectivity index (χ2v) is 9.97. The van der Waals surface area contributed by atoms with Gasteiger partial charge in [0.2, 0.25) is 0 Å². The van der Waals surface area contributed by atoms with Gasteiger partial charge in [-0.1, -0.05) is 29.5 Å². The van der Waals surface area contributed by atoms with Crippen molar-refractivity contribution < 1.29 is 33.3 Å². The molecule has 1 aliphatic heterocycles. The molecule has 11 heteroatoms. The maximum Gasteiger partial charge on any atom is 0.338 e. The van der Waals surface area contributed by atoms with E-state index in [2.05, 4.69) is 4.99 Å². The van der Waals surface area contributed by atoms with Crippen molar-refractivity contribution in [1.29, 1.82) is 0 Å². The lowest BCUT2D eigenvalue weighted by molar-refractivity contribution is -0.139. The number of hydrogen-bond acceptors (Lipinski definition) is 9. The molecule has 2 aromatic carbocycles. The Hall–Kier alpha value is -4.90. The molecule has 4 aromatic rings. The summed E-state index contributed by atoms with van der Waals surface area (Å²) >= 11 is 1.14. The Balaban J connectivity index is 1.69. The van der Waals surface area contributed by atoms with Gasteiger partial charge in [-0.2, -0.15) is 0 Å². The molecule has 2 aromatic heterocycles. The molecular formula is C30H26N2O8S. The molecule has 5 rings (SSSR count). The van der Waals surface area contributed by atoms with E-state index in [1.165, 1.54) is 24.9 Å². The largest absolute Gasteiger partial charge is 0.497 e. The number of carbonyl (C=O) groups is 2. The highest BCUT2D eigenvalue weighted by Gasteiger charge is 2.35. The van der Waals surface area contributed by atoms with Gasteiger partial charge < -0.3 is 23.7 Å². The quantitative estimate of drug-likeness (QED) is 0.315. The van der Waals surface area contributed by atoms with E-state index >= 15 is 0 Å². The molecule has 0 saturated carbocycles. The number of esters is 1. The summed E-state index contributed by atoms with van der Waals surface area (Å²) in [6.07, 6.45) is 1.57. The van der Waals surface area contributed by atoms with Crippen LogP contribution in [0.25, 0.3) is 17.4 Å². The van der Waals surface area contributed by atoms with Crippen molar-refractivity contribution in [2.45, 2.75) is 19.9 Å². The van der Waals surface area contributed by atoms with E-state index in [4.69, 9.17) is 18.6 Å². The van der Waals surface area contributed by atoms with Crippen LogP contribution in [0.1, 0.15) is 41.6 Å². The molecule has 0 radical (unpaired) electrons. The smallest absolute Gasteiger partial charge is 0.338 e. The Bertz CT molecular complexity index is 1880. The van der Waals surface area contributed by atoms with Crippen LogP contribution < -0.4 is 24.4 Å². The number of carboxylic acid groups (broad SMARTS) is 1. The molecule has 210 valence electrons. The van der Waals surface area contributed by atoms with Gasteiger partial charge in [-0.05, 0) is 50.2 Å². The predicted molar refractivity (Wildman–Crippen MR) is 151 cm³/mol. The molecule has 1 N–H and O–H groups in total. The SMILES string of the molecule is CCOC(=O)C1=C(C)N=c2s/c(=C\c3ccc(-c4ccccc4C(=O)O)o3)c(=O)n2[C@H]1c1cc(OC)ccc1OC. The van der Waals surface area contributed by atoms with Gasteiger partial charge in [0.1, 0.15) is 29.1 Å². The highest BCUT2D eigenvalue weighted by Crippen LogP contribution is 2.38. The van der Waals surface area contributed by atoms with Gasteiger partial charge in [0, 0.05) is 17.2 Å². The first-order chi connectivity index (χ1) is 19.8. The fraction of sp³-hybridized carbons (Fsp3) is 0.200. The van der Waals surface area contributed by atoms with Gasteiger partial charge in [0.15, 0.2) is 4.80 Å². The van der Waals surface area contributed by atoms with Crippen molar-refractivity contribution >= 4 is 29.4 Å². The summed E-state index contributed by atoms with van der Waals surface area (Å²) in [6, 6.07) is 14.1. The average Bonchev–Trinajstić information content (AvgIpc) is 3.56. The summed E-state index contributed by atoms with van der Waals surface area (Å²) in [7, 11) is 3.03. The highest BCUT2D eigenvalue weighted by molar-refractivity contribution is 7.07. The zero-order valence-electron chi connectivity index (χ0n) is 22.7. The third-order valence-electron chi connectivity index (χ3n) is 6.57. The van der Waals surface area contributed by atoms with Crippen LogP contribution in [0.4, 0.5) is 0 Å². The molecule has 0 aliphatic carbocycles. The van der Waals surface area contributed by atoms with Crippen molar-refractivity contribution in [1.82, 2.24) is 4.57 Å². The van der Waals surface area contributed by atoms with E-state index in [-0.39, 0.29) is 17.7 Å². The number of benzene rings is 2. The number of hydrogen-bond donors (Lipinski definition) is 1. The van der Waals surface area contributed by atoms with E-state index in [0.717, 1.165) is 11.3 Å². The van der Waals surface area contributed by atoms with Crippen LogP contribution in [0.2, 0.25) is 0 Å². The maximum absolute atomic E-state index is 13.9. The summed E-state index contributed by atoms with van der Waals surface area (Å²) in [5.41, 5.74) is 1.27. The number of thiazole rings is 1. The monoisotopic (exact) mass is 574 g/mol. The Morgan fingerprint density at radius 2 is 1.90 bits per heavy atom. The zero-order chi connectivity index (χ0) is 29.3. The Morgan fingerprint density at radius 3 is 2.61 bits per heavy atom. The summed E-state index contributed by atoms with van der Waals surface area (Å²) in [6.45, 7) is 3.55. The van der Waals surface area contributed by atoms with Gasteiger partial charge in [-0.15, -0.1) is 0 Å². The van der Waals surface area contributed by atoms with Gasteiger partial charge >= 0.3 is 11.9 Å². The van der Waals surface area contributed by atoms with E-state index in [1.807, 2.05) is 0 Å². The number of furan rings is 1. The third kappa shape index (κ3) is 5.07. The second kappa shape index (κ2) is 11.3. The molecule has 10 nitrogen and oxygen atoms in total. The minimum atomic E-state index is -1.08. The molecule has 0 bridgehead atoms. The molecule has 0 amide bonds. The first-order valence-electron chi connectivity index (χ1n) is 12.6. The number of nitrogens with zero attached hydrogens (tertiary/aromatic N) is 2. The van der Waals surface area contributed by atoms with Gasteiger partial charge in [0.25, 0.3) is 5.56 Å². The second-order valence-electron chi connectivity index (χ2n) is 8.96. The minimum absolute atomic E-state index is 0.0991. The summed E-state index contributed by atoms with van der Waals surface area (Å²) in [4.78, 5) is 43.7. The van der Waals surface area contributed by atoms with Crippen molar-refractivity contribution in [2.24, 2.45) is 4.99 Å². The first kappa shape index (κ1) is 27.7. The fourth-order valence-corrected chi connectivity index (χ4v) is 5.75. The topological polar surface area (TPSA) is 130 Å². The number of ether oxygens (including phenoxy) is 3. The predicted octanol–water partition coefficient (Wildman–Crippen LogP) is 3.77. The molecule has 0 fully saturated rings. The molecule has 0 unspecified atom stereocenters. The van der Waals surface area contributed by atoms with Crippen LogP contribution >= 0.6 is 11.3 Å². The lowest BCUT2D eigenvalue weighted by Gasteiger charge is -2.26. The molecule has 0 spiro atoms. The standard InChI is InChI=1S/C30H26N2O8S/c1-5-39-29(36)25-16(2)31-30-32(26(25)21-14-17(37-3)10-12-22(21)38-4)27(33)24(41-30)15-18-11-13-23(40-18)19-8-6-7-9-20(19)28(34)35/h6-15,26H,5H2,1-4H3,(H,34,35)/b24-15-/t26-/m0/s1. The van der Waals surface area contributed by atoms with E-state index in [0.29, 0.717) is 49.2 Å². The lowest BCUT2D eigenvalue weighted by Crippen LogP contribution is -2.40. The summed E-state index contributed by atoms with van der Waals surface area (Å²) in [5.74, 6) is 0.00207. The number of carbonyl (C=O) groups excluding carboxylic acids is 1. The van der Waals surface area contributed by atoms with Gasteiger partial charge in [0.05, 0.1) is 42.2 Å². The van der Waals surface area contributed by atoms with Crippen molar-refractivity contribution in [3.63, 3.8) is 0 Å². The Labute approximate surface area is 238 Å². The van der Waals surface area contributed by atoms with Crippen molar-refractivity contribution in [3.05, 3.63) is 102 Å². The van der Waals surface area contributed by atoms with Crippen LogP contribution in [0.15, 0.2) is 80.1 Å². The van der Waals surface area contributed by atoms with E-state index in [9.17, 15) is 19.5 Å². The summed E-state index contributed by atoms with van der Waals surface area (Å²) in [5, 5.41) is 9.55. The highest BCUT2D eigenvalue weighted by atomic mass is 32.1. The fourth-order valence-electron chi connectivity index (χ4n) is 4.73. The minimum Gasteiger partial charge on any atom is -0.497 e. The molecule has 3 heterocycles. The summed E-state index contributed by atoms with van der Waals surface area (Å²) < 4.78 is 24.1. The van der Waals surface area contributed by atoms with Crippen molar-refractivity contribution in [2.75, 3.05) is 20.8 Å². The number of aromatic nitrogens is 1. The van der Waals surface area contributed by atoms with Crippen LogP contribution in [-0.4, -0.2) is 42.4 Å². The molecule has 1 aliphatic rings.